The van der Waals surface area contributed by atoms with E-state index in [2.05, 4.69) is 15.2 Å². The average molecular weight is 138 g/mol. The molecule has 0 saturated heterocycles. The summed E-state index contributed by atoms with van der Waals surface area (Å²) in [7, 11) is 0. The molecule has 54 valence electrons. The molecule has 0 aromatic carbocycles. The Labute approximate surface area is 58.8 Å². The summed E-state index contributed by atoms with van der Waals surface area (Å²) in [5.74, 6) is 1.53. The summed E-state index contributed by atoms with van der Waals surface area (Å²) < 4.78 is 0. The van der Waals surface area contributed by atoms with Crippen molar-refractivity contribution in [3.63, 3.8) is 0 Å². The van der Waals surface area contributed by atoms with Gasteiger partial charge in [0.25, 0.3) is 0 Å². The third-order valence-electron chi connectivity index (χ3n) is 2.00. The lowest BCUT2D eigenvalue weighted by atomic mass is 9.80. The number of rotatable bonds is 1. The van der Waals surface area contributed by atoms with E-state index < -0.39 is 0 Å². The van der Waals surface area contributed by atoms with Gasteiger partial charge in [-0.2, -0.15) is 0 Å². The van der Waals surface area contributed by atoms with E-state index in [1.807, 2.05) is 0 Å². The van der Waals surface area contributed by atoms with Crippen molar-refractivity contribution in [2.45, 2.75) is 24.8 Å². The zero-order valence-electron chi connectivity index (χ0n) is 5.62. The van der Waals surface area contributed by atoms with Crippen LogP contribution in [0.1, 0.15) is 24.6 Å². The molecule has 0 bridgehead atoms. The van der Waals surface area contributed by atoms with Crippen molar-refractivity contribution in [3.05, 3.63) is 12.2 Å². The van der Waals surface area contributed by atoms with Gasteiger partial charge in [0.05, 0.1) is 0 Å². The van der Waals surface area contributed by atoms with Crippen LogP contribution in [0.3, 0.4) is 0 Å². The molecule has 1 aliphatic rings. The first-order chi connectivity index (χ1) is 4.86. The lowest BCUT2D eigenvalue weighted by Crippen LogP contribution is -2.35. The number of nitrogens with zero attached hydrogens (tertiary/aromatic N) is 2. The van der Waals surface area contributed by atoms with Gasteiger partial charge in [-0.15, -0.1) is 10.2 Å². The fourth-order valence-corrected chi connectivity index (χ4v) is 1.30. The molecule has 0 radical (unpaired) electrons. The fraction of sp³-hybridized carbons (Fsp3) is 0.667. The van der Waals surface area contributed by atoms with Crippen LogP contribution < -0.4 is 5.73 Å². The van der Waals surface area contributed by atoms with Gasteiger partial charge >= 0.3 is 0 Å². The molecular weight excluding hydrogens is 128 g/mol. The number of H-pyrrole nitrogens is 1. The monoisotopic (exact) mass is 138 g/mol. The Bertz CT molecular complexity index is 200. The lowest BCUT2D eigenvalue weighted by Gasteiger charge is -2.30. The molecule has 3 N–H and O–H groups in total. The van der Waals surface area contributed by atoms with Gasteiger partial charge in [-0.05, 0) is 12.8 Å². The largest absolute Gasteiger partial charge is 0.331 e. The first-order valence-corrected chi connectivity index (χ1v) is 3.48. The number of nitrogens with one attached hydrogen (secondary N) is 1. The minimum atomic E-state index is 0.384. The third-order valence-corrected chi connectivity index (χ3v) is 2.00. The summed E-state index contributed by atoms with van der Waals surface area (Å²) >= 11 is 0. The Kier molecular flexibility index (Phi) is 1.20. The van der Waals surface area contributed by atoms with Crippen LogP contribution in [0.15, 0.2) is 6.33 Å². The van der Waals surface area contributed by atoms with Crippen LogP contribution in [0.5, 0.6) is 0 Å². The predicted octanol–water partition coefficient (Wildman–Crippen LogP) is 0.00940. The van der Waals surface area contributed by atoms with Crippen LogP contribution in [0, 0.1) is 0 Å². The van der Waals surface area contributed by atoms with Crippen molar-refractivity contribution < 1.29 is 0 Å². The molecule has 2 rings (SSSR count). The maximum atomic E-state index is 5.61. The molecule has 1 saturated carbocycles. The quantitative estimate of drug-likeness (QED) is 0.574. The Hall–Kier alpha value is -0.900. The van der Waals surface area contributed by atoms with Crippen LogP contribution in [0.4, 0.5) is 0 Å². The summed E-state index contributed by atoms with van der Waals surface area (Å²) in [4.78, 5) is 2.98. The Morgan fingerprint density at radius 2 is 2.40 bits per heavy atom. The smallest absolute Gasteiger partial charge is 0.133 e. The lowest BCUT2D eigenvalue weighted by molar-refractivity contribution is 0.339. The van der Waals surface area contributed by atoms with Crippen molar-refractivity contribution >= 4 is 0 Å². The van der Waals surface area contributed by atoms with Crippen molar-refractivity contribution in [3.8, 4) is 0 Å². The second kappa shape index (κ2) is 2.05. The minimum Gasteiger partial charge on any atom is -0.331 e. The van der Waals surface area contributed by atoms with E-state index in [9.17, 15) is 0 Å². The van der Waals surface area contributed by atoms with Gasteiger partial charge in [0.1, 0.15) is 12.2 Å². The van der Waals surface area contributed by atoms with Crippen molar-refractivity contribution in [1.29, 1.82) is 0 Å². The summed E-state index contributed by atoms with van der Waals surface area (Å²) in [6.45, 7) is 0. The van der Waals surface area contributed by atoms with Crippen molar-refractivity contribution in [1.82, 2.24) is 15.2 Å². The van der Waals surface area contributed by atoms with E-state index in [1.165, 1.54) is 0 Å². The van der Waals surface area contributed by atoms with Crippen molar-refractivity contribution in [2.24, 2.45) is 5.73 Å². The molecule has 0 amide bonds. The third kappa shape index (κ3) is 0.806. The van der Waals surface area contributed by atoms with E-state index in [4.69, 9.17) is 5.73 Å². The van der Waals surface area contributed by atoms with E-state index in [0.29, 0.717) is 12.0 Å². The molecule has 1 aromatic heterocycles. The van der Waals surface area contributed by atoms with Gasteiger partial charge in [0.15, 0.2) is 0 Å². The molecule has 4 heteroatoms. The highest BCUT2D eigenvalue weighted by atomic mass is 15.2. The highest BCUT2D eigenvalue weighted by Crippen LogP contribution is 2.32. The zero-order chi connectivity index (χ0) is 6.97. The van der Waals surface area contributed by atoms with Crippen LogP contribution in [0.2, 0.25) is 0 Å². The van der Waals surface area contributed by atoms with Gasteiger partial charge < -0.3 is 10.7 Å². The highest BCUT2D eigenvalue weighted by Gasteiger charge is 2.29. The Morgan fingerprint density at radius 3 is 2.90 bits per heavy atom. The second-order valence-corrected chi connectivity index (χ2v) is 2.80. The van der Waals surface area contributed by atoms with Crippen LogP contribution in [-0.2, 0) is 0 Å². The van der Waals surface area contributed by atoms with E-state index in [0.717, 1.165) is 18.7 Å². The fourth-order valence-electron chi connectivity index (χ4n) is 1.30. The molecule has 0 aliphatic heterocycles. The molecular formula is C6H10N4. The molecule has 10 heavy (non-hydrogen) atoms. The van der Waals surface area contributed by atoms with Crippen LogP contribution in [0.25, 0.3) is 0 Å². The van der Waals surface area contributed by atoms with E-state index in [-0.39, 0.29) is 0 Å². The summed E-state index contributed by atoms with van der Waals surface area (Å²) in [6, 6.07) is 0.384. The van der Waals surface area contributed by atoms with E-state index >= 15 is 0 Å². The predicted molar refractivity (Wildman–Crippen MR) is 36.3 cm³/mol. The molecule has 0 spiro atoms. The average Bonchev–Trinajstić information content (AvgIpc) is 2.31. The molecule has 4 nitrogen and oxygen atoms in total. The molecule has 1 aromatic rings. The maximum absolute atomic E-state index is 5.61. The first-order valence-electron chi connectivity index (χ1n) is 3.48. The zero-order valence-corrected chi connectivity index (χ0v) is 5.62. The molecule has 0 unspecified atom stereocenters. The van der Waals surface area contributed by atoms with Crippen molar-refractivity contribution in [2.75, 3.05) is 0 Å². The second-order valence-electron chi connectivity index (χ2n) is 2.80. The Morgan fingerprint density at radius 1 is 1.60 bits per heavy atom. The van der Waals surface area contributed by atoms with Gasteiger partial charge in [-0.1, -0.05) is 0 Å². The molecule has 1 aliphatic carbocycles. The Balaban J connectivity index is 2.04. The van der Waals surface area contributed by atoms with Crippen LogP contribution in [-0.4, -0.2) is 21.2 Å². The van der Waals surface area contributed by atoms with Crippen LogP contribution >= 0.6 is 0 Å². The molecule has 0 atom stereocenters. The summed E-state index contributed by atoms with van der Waals surface area (Å²) in [5.41, 5.74) is 5.61. The SMILES string of the molecule is NC1CC(c2nnc[nH]2)C1. The number of nitrogens with two attached hydrogens (primary N) is 1. The number of hydrogen-bond donors (Lipinski definition) is 2. The highest BCUT2D eigenvalue weighted by molar-refractivity contribution is 5.02. The van der Waals surface area contributed by atoms with E-state index in [1.54, 1.807) is 6.33 Å². The van der Waals surface area contributed by atoms with Gasteiger partial charge in [0.2, 0.25) is 0 Å². The topological polar surface area (TPSA) is 67.6 Å². The maximum Gasteiger partial charge on any atom is 0.133 e. The summed E-state index contributed by atoms with van der Waals surface area (Å²) in [6.07, 6.45) is 3.71. The van der Waals surface area contributed by atoms with Gasteiger partial charge in [-0.3, -0.25) is 0 Å². The van der Waals surface area contributed by atoms with Gasteiger partial charge in [0, 0.05) is 12.0 Å². The number of aromatic nitrogens is 3. The molecule has 1 fully saturated rings. The first kappa shape index (κ1) is 5.85. The molecule has 1 heterocycles. The standard InChI is InChI=1S/C6H10N4/c7-5-1-4(2-5)6-8-3-9-10-6/h3-5H,1-2,7H2,(H,8,9,10). The number of hydrogen-bond acceptors (Lipinski definition) is 3. The number of aromatic amines is 1. The van der Waals surface area contributed by atoms with Gasteiger partial charge in [-0.25, -0.2) is 0 Å². The summed E-state index contributed by atoms with van der Waals surface area (Å²) in [5, 5.41) is 7.62. The minimum absolute atomic E-state index is 0.384. The normalized spacial score (nSPS) is 31.7.